The summed E-state index contributed by atoms with van der Waals surface area (Å²) in [6.45, 7) is 6.41. The van der Waals surface area contributed by atoms with Crippen LogP contribution in [-0.2, 0) is 23.6 Å². The second-order valence-electron chi connectivity index (χ2n) is 6.72. The van der Waals surface area contributed by atoms with Crippen molar-refractivity contribution in [2.24, 2.45) is 12.0 Å². The maximum Gasteiger partial charge on any atom is 0.211 e. The summed E-state index contributed by atoms with van der Waals surface area (Å²) in [6.07, 6.45) is 5.17. The summed E-state index contributed by atoms with van der Waals surface area (Å²) in [5.41, 5.74) is 0. The Labute approximate surface area is 179 Å². The number of aromatic nitrogens is 3. The molecule has 0 radical (unpaired) electrons. The zero-order valence-corrected chi connectivity index (χ0v) is 19.8. The molecule has 0 aliphatic carbocycles. The SMILES string of the molecule is CCCCNC(=NCc1nnc(C)n1C)NC[C@H]1CCCN1S(C)(=O)=O.I. The molecule has 2 heterocycles. The van der Waals surface area contributed by atoms with Gasteiger partial charge >= 0.3 is 0 Å². The lowest BCUT2D eigenvalue weighted by Gasteiger charge is -2.23. The predicted molar refractivity (Wildman–Crippen MR) is 118 cm³/mol. The second kappa shape index (κ2) is 11.1. The third kappa shape index (κ3) is 7.18. The molecule has 2 rings (SSSR count). The van der Waals surface area contributed by atoms with E-state index in [0.717, 1.165) is 43.9 Å². The molecule has 156 valence electrons. The molecule has 0 saturated carbocycles. The first kappa shape index (κ1) is 24.1. The van der Waals surface area contributed by atoms with E-state index in [1.165, 1.54) is 6.26 Å². The highest BCUT2D eigenvalue weighted by molar-refractivity contribution is 14.0. The van der Waals surface area contributed by atoms with Gasteiger partial charge in [0.1, 0.15) is 12.4 Å². The molecule has 0 amide bonds. The highest BCUT2D eigenvalue weighted by Gasteiger charge is 2.31. The zero-order chi connectivity index (χ0) is 19.2. The number of nitrogens with one attached hydrogen (secondary N) is 2. The first-order valence-corrected chi connectivity index (χ1v) is 11.0. The van der Waals surface area contributed by atoms with Crippen molar-refractivity contribution in [2.75, 3.05) is 25.9 Å². The summed E-state index contributed by atoms with van der Waals surface area (Å²) < 4.78 is 27.3. The lowest BCUT2D eigenvalue weighted by molar-refractivity contribution is 0.387. The van der Waals surface area contributed by atoms with Gasteiger partial charge in [-0.15, -0.1) is 34.2 Å². The van der Waals surface area contributed by atoms with Gasteiger partial charge in [-0.3, -0.25) is 0 Å². The number of nitrogens with zero attached hydrogens (tertiary/aromatic N) is 5. The molecule has 11 heteroatoms. The van der Waals surface area contributed by atoms with Crippen LogP contribution >= 0.6 is 24.0 Å². The summed E-state index contributed by atoms with van der Waals surface area (Å²) >= 11 is 0. The smallest absolute Gasteiger partial charge is 0.211 e. The molecule has 2 N–H and O–H groups in total. The van der Waals surface area contributed by atoms with Crippen LogP contribution in [0.2, 0.25) is 0 Å². The Morgan fingerprint density at radius 1 is 1.33 bits per heavy atom. The van der Waals surface area contributed by atoms with Crippen molar-refractivity contribution >= 4 is 40.0 Å². The van der Waals surface area contributed by atoms with Gasteiger partial charge in [0.05, 0.1) is 6.26 Å². The number of guanidine groups is 1. The van der Waals surface area contributed by atoms with Crippen LogP contribution in [0.3, 0.4) is 0 Å². The van der Waals surface area contributed by atoms with Crippen molar-refractivity contribution in [2.45, 2.75) is 52.1 Å². The van der Waals surface area contributed by atoms with Crippen molar-refractivity contribution < 1.29 is 8.42 Å². The number of halogens is 1. The Hall–Kier alpha value is -0.950. The summed E-state index contributed by atoms with van der Waals surface area (Å²) in [5.74, 6) is 2.32. The molecule has 1 saturated heterocycles. The standard InChI is InChI=1S/C16H31N7O2S.HI/c1-5-6-9-17-16(19-12-15-21-20-13(2)22(15)3)18-11-14-8-7-10-23(14)26(4,24)25;/h14H,5-12H2,1-4H3,(H2,17,18,19);1H/t14-;/m1./s1. The second-order valence-corrected chi connectivity index (χ2v) is 8.65. The van der Waals surface area contributed by atoms with Gasteiger partial charge in [-0.1, -0.05) is 13.3 Å². The third-order valence-electron chi connectivity index (χ3n) is 4.64. The summed E-state index contributed by atoms with van der Waals surface area (Å²) in [6, 6.07) is -0.0275. The van der Waals surface area contributed by atoms with Crippen LogP contribution in [0.15, 0.2) is 4.99 Å². The lowest BCUT2D eigenvalue weighted by Crippen LogP contribution is -2.46. The minimum atomic E-state index is -3.17. The first-order valence-electron chi connectivity index (χ1n) is 9.16. The van der Waals surface area contributed by atoms with E-state index in [-0.39, 0.29) is 30.0 Å². The van der Waals surface area contributed by atoms with Gasteiger partial charge in [-0.25, -0.2) is 13.4 Å². The van der Waals surface area contributed by atoms with E-state index in [4.69, 9.17) is 0 Å². The molecule has 0 unspecified atom stereocenters. The van der Waals surface area contributed by atoms with Crippen LogP contribution < -0.4 is 10.6 Å². The molecule has 1 aromatic heterocycles. The number of sulfonamides is 1. The van der Waals surface area contributed by atoms with Crippen molar-refractivity contribution in [1.82, 2.24) is 29.7 Å². The molecular weight excluding hydrogens is 481 g/mol. The maximum atomic E-state index is 11.9. The highest BCUT2D eigenvalue weighted by atomic mass is 127. The first-order chi connectivity index (χ1) is 12.3. The van der Waals surface area contributed by atoms with Gasteiger partial charge in [-0.05, 0) is 26.2 Å². The molecule has 27 heavy (non-hydrogen) atoms. The molecule has 1 aromatic rings. The van der Waals surface area contributed by atoms with E-state index in [1.807, 2.05) is 18.5 Å². The van der Waals surface area contributed by atoms with Crippen molar-refractivity contribution in [1.29, 1.82) is 0 Å². The van der Waals surface area contributed by atoms with Gasteiger partial charge < -0.3 is 15.2 Å². The Morgan fingerprint density at radius 3 is 2.67 bits per heavy atom. The largest absolute Gasteiger partial charge is 0.356 e. The number of hydrogen-bond donors (Lipinski definition) is 2. The van der Waals surface area contributed by atoms with Gasteiger partial charge in [-0.2, -0.15) is 4.31 Å². The van der Waals surface area contributed by atoms with Crippen LogP contribution in [0.25, 0.3) is 0 Å². The monoisotopic (exact) mass is 513 g/mol. The Kier molecular flexibility index (Phi) is 9.95. The topological polar surface area (TPSA) is 105 Å². The molecule has 9 nitrogen and oxygen atoms in total. The molecule has 0 aromatic carbocycles. The molecule has 0 bridgehead atoms. The van der Waals surface area contributed by atoms with Gasteiger partial charge in [0.15, 0.2) is 11.8 Å². The maximum absolute atomic E-state index is 11.9. The Bertz CT molecular complexity index is 720. The van der Waals surface area contributed by atoms with E-state index in [2.05, 4.69) is 32.7 Å². The molecule has 1 aliphatic heterocycles. The minimum absolute atomic E-state index is 0. The summed E-state index contributed by atoms with van der Waals surface area (Å²) in [5, 5.41) is 14.8. The van der Waals surface area contributed by atoms with E-state index in [0.29, 0.717) is 25.6 Å². The average molecular weight is 513 g/mol. The van der Waals surface area contributed by atoms with Gasteiger partial charge in [0.25, 0.3) is 0 Å². The van der Waals surface area contributed by atoms with Crippen molar-refractivity contribution in [3.05, 3.63) is 11.6 Å². The normalized spacial score (nSPS) is 18.4. The van der Waals surface area contributed by atoms with Gasteiger partial charge in [0.2, 0.25) is 10.0 Å². The van der Waals surface area contributed by atoms with Gasteiger partial charge in [0, 0.05) is 32.7 Å². The van der Waals surface area contributed by atoms with E-state index in [1.54, 1.807) is 4.31 Å². The van der Waals surface area contributed by atoms with E-state index in [9.17, 15) is 8.42 Å². The highest BCUT2D eigenvalue weighted by Crippen LogP contribution is 2.19. The molecule has 0 spiro atoms. The number of unbranched alkanes of at least 4 members (excludes halogenated alkanes) is 1. The van der Waals surface area contributed by atoms with Crippen LogP contribution in [0.4, 0.5) is 0 Å². The third-order valence-corrected chi connectivity index (χ3v) is 5.97. The van der Waals surface area contributed by atoms with E-state index < -0.39 is 10.0 Å². The summed E-state index contributed by atoms with van der Waals surface area (Å²) in [4.78, 5) is 4.59. The van der Waals surface area contributed by atoms with E-state index >= 15 is 0 Å². The Balaban J connectivity index is 0.00000364. The number of aryl methyl sites for hydroxylation is 1. The lowest BCUT2D eigenvalue weighted by atomic mass is 10.2. The number of rotatable bonds is 8. The Morgan fingerprint density at radius 2 is 2.07 bits per heavy atom. The minimum Gasteiger partial charge on any atom is -0.356 e. The van der Waals surface area contributed by atoms with Crippen LogP contribution in [-0.4, -0.2) is 65.4 Å². The number of aliphatic imine (C=N–C) groups is 1. The molecule has 1 fully saturated rings. The van der Waals surface area contributed by atoms with Crippen molar-refractivity contribution in [3.8, 4) is 0 Å². The van der Waals surface area contributed by atoms with Crippen LogP contribution in [0.5, 0.6) is 0 Å². The van der Waals surface area contributed by atoms with Crippen LogP contribution in [0.1, 0.15) is 44.3 Å². The van der Waals surface area contributed by atoms with Crippen molar-refractivity contribution in [3.63, 3.8) is 0 Å². The average Bonchev–Trinajstić information content (AvgIpc) is 3.18. The quantitative estimate of drug-likeness (QED) is 0.233. The fourth-order valence-corrected chi connectivity index (χ4v) is 4.14. The number of hydrogen-bond acceptors (Lipinski definition) is 5. The zero-order valence-electron chi connectivity index (χ0n) is 16.6. The van der Waals surface area contributed by atoms with Crippen LogP contribution in [0, 0.1) is 6.92 Å². The molecule has 1 atom stereocenters. The fourth-order valence-electron chi connectivity index (χ4n) is 2.96. The fraction of sp³-hybridized carbons (Fsp3) is 0.812. The summed E-state index contributed by atoms with van der Waals surface area (Å²) in [7, 11) is -1.25. The predicted octanol–water partition coefficient (Wildman–Crippen LogP) is 1.00. The molecule has 1 aliphatic rings. The molecular formula is C16H32IN7O2S.